The largest absolute Gasteiger partial charge is 0.378 e. The second-order valence-corrected chi connectivity index (χ2v) is 7.68. The highest BCUT2D eigenvalue weighted by Gasteiger charge is 2.47. The van der Waals surface area contributed by atoms with Crippen LogP contribution in [0.4, 0.5) is 11.4 Å². The monoisotopic (exact) mass is 391 g/mol. The maximum atomic E-state index is 13.5. The van der Waals surface area contributed by atoms with Crippen LogP contribution in [0.5, 0.6) is 0 Å². The lowest BCUT2D eigenvalue weighted by atomic mass is 10.1. The molecule has 0 fully saturated rings. The smallest absolute Gasteiger partial charge is 0.266 e. The Hall–Kier alpha value is -2.99. The van der Waals surface area contributed by atoms with Crippen LogP contribution in [0.2, 0.25) is 0 Å². The summed E-state index contributed by atoms with van der Waals surface area (Å²) in [6.45, 7) is 0. The zero-order valence-corrected chi connectivity index (χ0v) is 17.1. The Morgan fingerprint density at radius 3 is 2.07 bits per heavy atom. The van der Waals surface area contributed by atoms with Gasteiger partial charge in [-0.05, 0) is 36.1 Å². The summed E-state index contributed by atoms with van der Waals surface area (Å²) in [5.41, 5.74) is 4.33. The first-order chi connectivity index (χ1) is 13.5. The molecule has 0 saturated carbocycles. The van der Waals surface area contributed by atoms with E-state index < -0.39 is 0 Å². The molecule has 2 amide bonds. The van der Waals surface area contributed by atoms with Gasteiger partial charge in [0, 0.05) is 32.5 Å². The first-order valence-corrected chi connectivity index (χ1v) is 10.2. The molecule has 28 heavy (non-hydrogen) atoms. The molecular weight excluding hydrogens is 370 g/mol. The van der Waals surface area contributed by atoms with Crippen LogP contribution in [-0.2, 0) is 9.59 Å². The van der Waals surface area contributed by atoms with Crippen molar-refractivity contribution < 1.29 is 9.59 Å². The third-order valence-corrected chi connectivity index (χ3v) is 5.81. The molecule has 5 nitrogen and oxygen atoms in total. The highest BCUT2D eigenvalue weighted by atomic mass is 32.2. The van der Waals surface area contributed by atoms with E-state index in [-0.39, 0.29) is 11.8 Å². The van der Waals surface area contributed by atoms with Crippen LogP contribution in [0, 0.1) is 0 Å². The lowest BCUT2D eigenvalue weighted by Gasteiger charge is -2.23. The van der Waals surface area contributed by atoms with Gasteiger partial charge in [-0.2, -0.15) is 0 Å². The Balaban J connectivity index is 1.88. The molecule has 142 valence electrons. The molecule has 0 N–H and O–H groups in total. The molecular formula is C22H21N3O2S. The minimum Gasteiger partial charge on any atom is -0.378 e. The maximum Gasteiger partial charge on any atom is 0.266 e. The van der Waals surface area contributed by atoms with E-state index in [1.54, 1.807) is 16.8 Å². The van der Waals surface area contributed by atoms with Gasteiger partial charge in [-0.1, -0.05) is 30.3 Å². The van der Waals surface area contributed by atoms with Gasteiger partial charge in [-0.25, -0.2) is 0 Å². The molecule has 0 radical (unpaired) electrons. The summed E-state index contributed by atoms with van der Waals surface area (Å²) in [7, 11) is 5.67. The van der Waals surface area contributed by atoms with Crippen LogP contribution in [0.15, 0.2) is 70.8 Å². The van der Waals surface area contributed by atoms with Crippen LogP contribution in [-0.4, -0.2) is 44.1 Å². The van der Waals surface area contributed by atoms with Gasteiger partial charge >= 0.3 is 0 Å². The molecule has 2 heterocycles. The average Bonchev–Trinajstić information content (AvgIpc) is 3.14. The van der Waals surface area contributed by atoms with Crippen molar-refractivity contribution >= 4 is 40.6 Å². The third-order valence-electron chi connectivity index (χ3n) is 5.04. The Morgan fingerprint density at radius 2 is 1.50 bits per heavy atom. The average molecular weight is 391 g/mol. The van der Waals surface area contributed by atoms with Crippen molar-refractivity contribution in [1.82, 2.24) is 4.90 Å². The number of fused-ring (bicyclic) bond motifs is 1. The van der Waals surface area contributed by atoms with E-state index in [0.29, 0.717) is 21.9 Å². The van der Waals surface area contributed by atoms with Crippen LogP contribution < -0.4 is 9.80 Å². The number of benzene rings is 2. The van der Waals surface area contributed by atoms with E-state index in [0.717, 1.165) is 16.9 Å². The summed E-state index contributed by atoms with van der Waals surface area (Å²) in [5.74, 6) is -0.299. The van der Waals surface area contributed by atoms with Crippen molar-refractivity contribution in [1.29, 1.82) is 0 Å². The molecule has 2 aliphatic rings. The van der Waals surface area contributed by atoms with Crippen molar-refractivity contribution in [2.75, 3.05) is 37.2 Å². The number of carbonyl (C=O) groups is 2. The van der Waals surface area contributed by atoms with Crippen molar-refractivity contribution in [2.45, 2.75) is 0 Å². The second kappa shape index (κ2) is 6.87. The summed E-state index contributed by atoms with van der Waals surface area (Å²) in [6, 6.07) is 17.4. The molecule has 0 atom stereocenters. The highest BCUT2D eigenvalue weighted by molar-refractivity contribution is 8.02. The maximum absolute atomic E-state index is 13.5. The number of likely N-dealkylation sites (N-methyl/N-ethyl adjacent to an activating group) is 1. The Kier molecular flexibility index (Phi) is 4.51. The first kappa shape index (κ1) is 18.4. The fourth-order valence-corrected chi connectivity index (χ4v) is 4.41. The van der Waals surface area contributed by atoms with Crippen molar-refractivity contribution in [3.05, 3.63) is 76.3 Å². The number of hydrogen-bond donors (Lipinski definition) is 0. The van der Waals surface area contributed by atoms with Crippen molar-refractivity contribution in [2.24, 2.45) is 0 Å². The Morgan fingerprint density at radius 1 is 0.857 bits per heavy atom. The van der Waals surface area contributed by atoms with Gasteiger partial charge in [-0.3, -0.25) is 14.5 Å². The molecule has 2 aromatic rings. The molecule has 0 unspecified atom stereocenters. The molecule has 0 bridgehead atoms. The van der Waals surface area contributed by atoms with Gasteiger partial charge < -0.3 is 9.80 Å². The zero-order chi connectivity index (χ0) is 20.0. The number of nitrogens with zero attached hydrogens (tertiary/aromatic N) is 3. The lowest BCUT2D eigenvalue weighted by molar-refractivity contribution is -0.122. The molecule has 2 aromatic carbocycles. The molecule has 0 saturated heterocycles. The van der Waals surface area contributed by atoms with Gasteiger partial charge in [0.15, 0.2) is 0 Å². The summed E-state index contributed by atoms with van der Waals surface area (Å²) < 4.78 is 0. The zero-order valence-electron chi connectivity index (χ0n) is 16.3. The topological polar surface area (TPSA) is 43.9 Å². The predicted octanol–water partition coefficient (Wildman–Crippen LogP) is 3.56. The van der Waals surface area contributed by atoms with Crippen molar-refractivity contribution in [3.8, 4) is 0 Å². The minimum absolute atomic E-state index is 0.140. The van der Waals surface area contributed by atoms with E-state index in [2.05, 4.69) is 0 Å². The molecule has 4 rings (SSSR count). The summed E-state index contributed by atoms with van der Waals surface area (Å²) in [5, 5.41) is 0.681. The minimum atomic E-state index is -0.159. The van der Waals surface area contributed by atoms with Gasteiger partial charge in [-0.15, -0.1) is 11.8 Å². The third kappa shape index (κ3) is 2.64. The lowest BCUT2D eigenvalue weighted by Crippen LogP contribution is -2.27. The van der Waals surface area contributed by atoms with Gasteiger partial charge in [0.1, 0.15) is 0 Å². The normalized spacial score (nSPS) is 16.4. The molecule has 0 aromatic heterocycles. The predicted molar refractivity (Wildman–Crippen MR) is 115 cm³/mol. The summed E-state index contributed by atoms with van der Waals surface area (Å²) >= 11 is 1.42. The fraction of sp³-hybridized carbons (Fsp3) is 0.182. The van der Waals surface area contributed by atoms with Gasteiger partial charge in [0.25, 0.3) is 11.8 Å². The molecule has 0 aliphatic carbocycles. The fourth-order valence-electron chi connectivity index (χ4n) is 3.65. The standard InChI is InChI=1S/C22H21N3O2S/c1-23(2)15-10-12-16(13-11-15)25-21(27)17-18(22(25)28-4)20(26)24(3)19(17)14-8-6-5-7-9-14/h5-13H,1-4H3. The van der Waals surface area contributed by atoms with Crippen LogP contribution in [0.25, 0.3) is 5.70 Å². The first-order valence-electron chi connectivity index (χ1n) is 8.94. The van der Waals surface area contributed by atoms with E-state index in [1.807, 2.05) is 79.8 Å². The van der Waals surface area contributed by atoms with Gasteiger partial charge in [0.2, 0.25) is 0 Å². The van der Waals surface area contributed by atoms with E-state index in [1.165, 1.54) is 11.8 Å². The van der Waals surface area contributed by atoms with Crippen LogP contribution in [0.1, 0.15) is 5.56 Å². The van der Waals surface area contributed by atoms with E-state index >= 15 is 0 Å². The van der Waals surface area contributed by atoms with E-state index in [4.69, 9.17) is 0 Å². The molecule has 6 heteroatoms. The quantitative estimate of drug-likeness (QED) is 0.799. The summed E-state index contributed by atoms with van der Waals surface area (Å²) in [4.78, 5) is 31.8. The van der Waals surface area contributed by atoms with Crippen LogP contribution >= 0.6 is 11.8 Å². The summed E-state index contributed by atoms with van der Waals surface area (Å²) in [6.07, 6.45) is 1.90. The number of amides is 2. The number of hydrogen-bond acceptors (Lipinski definition) is 4. The molecule has 0 spiro atoms. The molecule has 2 aliphatic heterocycles. The second-order valence-electron chi connectivity index (χ2n) is 6.89. The SMILES string of the molecule is CSC1=C2C(=O)N(C)C(c3ccccc3)=C2C(=O)N1c1ccc(N(C)C)cc1. The van der Waals surface area contributed by atoms with Crippen molar-refractivity contribution in [3.63, 3.8) is 0 Å². The number of carbonyl (C=O) groups excluding carboxylic acids is 2. The van der Waals surface area contributed by atoms with Gasteiger partial charge in [0.05, 0.1) is 21.9 Å². The number of rotatable bonds is 4. The van der Waals surface area contributed by atoms with E-state index in [9.17, 15) is 9.59 Å². The number of anilines is 2. The van der Waals surface area contributed by atoms with Crippen LogP contribution in [0.3, 0.4) is 0 Å². The number of thioether (sulfide) groups is 1. The highest BCUT2D eigenvalue weighted by Crippen LogP contribution is 2.47. The Bertz CT molecular complexity index is 1020. The Labute approximate surface area is 168 Å².